The van der Waals surface area contributed by atoms with Crippen molar-refractivity contribution in [3.63, 3.8) is 0 Å². The third-order valence-corrected chi connectivity index (χ3v) is 3.38. The summed E-state index contributed by atoms with van der Waals surface area (Å²) in [7, 11) is -4.55. The van der Waals surface area contributed by atoms with Crippen LogP contribution in [0.1, 0.15) is 11.1 Å². The van der Waals surface area contributed by atoms with Crippen LogP contribution in [0.3, 0.4) is 0 Å². The minimum Gasteiger partial charge on any atom is -0.452 e. The molecule has 0 aliphatic rings. The van der Waals surface area contributed by atoms with Gasteiger partial charge in [0.1, 0.15) is 18.1 Å². The van der Waals surface area contributed by atoms with Crippen LogP contribution < -0.4 is 9.26 Å². The predicted molar refractivity (Wildman–Crippen MR) is 88.3 cm³/mol. The van der Waals surface area contributed by atoms with E-state index < -0.39 is 7.82 Å². The molecule has 0 unspecified atom stereocenters. The molecule has 0 bridgehead atoms. The number of ether oxygens (including phenoxy) is 2. The second-order valence-corrected chi connectivity index (χ2v) is 6.18. The molecule has 0 heterocycles. The average molecular weight is 354 g/mol. The first-order chi connectivity index (χ1) is 10.8. The Morgan fingerprint density at radius 2 is 1.61 bits per heavy atom. The van der Waals surface area contributed by atoms with Crippen molar-refractivity contribution in [1.82, 2.24) is 0 Å². The van der Waals surface area contributed by atoms with Crippen molar-refractivity contribution in [1.29, 1.82) is 0 Å². The van der Waals surface area contributed by atoms with Crippen LogP contribution in [0.15, 0.2) is 48.5 Å². The van der Waals surface area contributed by atoms with Gasteiger partial charge in [0.15, 0.2) is 0 Å². The van der Waals surface area contributed by atoms with Crippen molar-refractivity contribution in [3.05, 3.63) is 59.7 Å². The Balaban J connectivity index is 1.84. The third kappa shape index (κ3) is 6.38. The number of aryl methyl sites for hydroxylation is 1. The van der Waals surface area contributed by atoms with E-state index in [2.05, 4.69) is 4.52 Å². The standard InChI is InChI=1S/C15H15O6PS/c1-11-2-6-13(7-3-11)20-15(23)19-10-12-4-8-14(9-5-12)21-22(16,17)18/h2-9H,10H2,1H3,(H2,16,17,18). The van der Waals surface area contributed by atoms with E-state index in [1.165, 1.54) is 12.1 Å². The minimum absolute atomic E-state index is 0.00982. The van der Waals surface area contributed by atoms with E-state index >= 15 is 0 Å². The van der Waals surface area contributed by atoms with E-state index in [0.717, 1.165) is 11.1 Å². The van der Waals surface area contributed by atoms with Crippen LogP contribution in [0, 0.1) is 6.92 Å². The van der Waals surface area contributed by atoms with Gasteiger partial charge in [-0.15, -0.1) is 0 Å². The van der Waals surface area contributed by atoms with Gasteiger partial charge in [-0.05, 0) is 36.8 Å². The molecule has 6 nitrogen and oxygen atoms in total. The molecule has 0 fully saturated rings. The Bertz CT molecular complexity index is 708. The maximum absolute atomic E-state index is 10.7. The van der Waals surface area contributed by atoms with Crippen molar-refractivity contribution >= 4 is 25.3 Å². The third-order valence-electron chi connectivity index (χ3n) is 2.73. The molecule has 2 aromatic rings. The molecule has 23 heavy (non-hydrogen) atoms. The van der Waals surface area contributed by atoms with Crippen molar-refractivity contribution in [3.8, 4) is 11.5 Å². The van der Waals surface area contributed by atoms with Gasteiger partial charge in [-0.3, -0.25) is 9.79 Å². The maximum atomic E-state index is 10.7. The molecule has 0 spiro atoms. The highest BCUT2D eigenvalue weighted by Gasteiger charge is 2.15. The summed E-state index contributed by atoms with van der Waals surface area (Å²) < 4.78 is 25.8. The Hall–Kier alpha value is -1.92. The number of phosphoric ester groups is 1. The van der Waals surface area contributed by atoms with Crippen molar-refractivity contribution in [2.45, 2.75) is 13.5 Å². The Morgan fingerprint density at radius 1 is 1.04 bits per heavy atom. The number of hydrogen-bond donors (Lipinski definition) is 2. The van der Waals surface area contributed by atoms with Crippen LogP contribution in [-0.2, 0) is 15.9 Å². The second kappa shape index (κ2) is 7.57. The van der Waals surface area contributed by atoms with Gasteiger partial charge in [0, 0.05) is 12.2 Å². The first kappa shape index (κ1) is 17.4. The normalized spacial score (nSPS) is 10.9. The Kier molecular flexibility index (Phi) is 5.74. The largest absolute Gasteiger partial charge is 0.524 e. The van der Waals surface area contributed by atoms with Gasteiger partial charge in [0.2, 0.25) is 0 Å². The van der Waals surface area contributed by atoms with Gasteiger partial charge in [0.25, 0.3) is 0 Å². The zero-order valence-electron chi connectivity index (χ0n) is 12.2. The summed E-state index contributed by atoms with van der Waals surface area (Å²) in [5.74, 6) is 0.659. The van der Waals surface area contributed by atoms with Crippen LogP contribution in [0.5, 0.6) is 11.5 Å². The fourth-order valence-corrected chi connectivity index (χ4v) is 2.21. The molecule has 0 amide bonds. The highest BCUT2D eigenvalue weighted by Crippen LogP contribution is 2.37. The fourth-order valence-electron chi connectivity index (χ4n) is 1.66. The summed E-state index contributed by atoms with van der Waals surface area (Å²) in [4.78, 5) is 17.4. The molecule has 0 radical (unpaired) electrons. The molecule has 0 aromatic heterocycles. The highest BCUT2D eigenvalue weighted by molar-refractivity contribution is 7.79. The molecular formula is C15H15O6PS. The average Bonchev–Trinajstić information content (AvgIpc) is 2.47. The maximum Gasteiger partial charge on any atom is 0.524 e. The molecule has 2 N–H and O–H groups in total. The topological polar surface area (TPSA) is 85.2 Å². The van der Waals surface area contributed by atoms with Gasteiger partial charge >= 0.3 is 13.1 Å². The van der Waals surface area contributed by atoms with E-state index in [9.17, 15) is 4.57 Å². The summed E-state index contributed by atoms with van der Waals surface area (Å²) in [5.41, 5.74) is 1.86. The molecule has 2 aromatic carbocycles. The molecule has 0 aliphatic heterocycles. The first-order valence-electron chi connectivity index (χ1n) is 6.57. The van der Waals surface area contributed by atoms with Crippen molar-refractivity contribution in [2.75, 3.05) is 0 Å². The summed E-state index contributed by atoms with van der Waals surface area (Å²) in [6, 6.07) is 13.5. The van der Waals surface area contributed by atoms with E-state index in [-0.39, 0.29) is 17.6 Å². The van der Waals surface area contributed by atoms with E-state index in [1.807, 2.05) is 19.1 Å². The number of hydrogen-bond acceptors (Lipinski definition) is 5. The van der Waals surface area contributed by atoms with Crippen LogP contribution in [0.4, 0.5) is 0 Å². The number of benzene rings is 2. The summed E-state index contributed by atoms with van der Waals surface area (Å²) >= 11 is 4.99. The van der Waals surface area contributed by atoms with E-state index in [1.54, 1.807) is 24.3 Å². The van der Waals surface area contributed by atoms with Gasteiger partial charge in [-0.25, -0.2) is 4.57 Å². The highest BCUT2D eigenvalue weighted by atomic mass is 32.1. The Morgan fingerprint density at radius 3 is 2.17 bits per heavy atom. The van der Waals surface area contributed by atoms with Crippen LogP contribution in [0.2, 0.25) is 0 Å². The van der Waals surface area contributed by atoms with E-state index in [0.29, 0.717) is 5.75 Å². The van der Waals surface area contributed by atoms with Crippen LogP contribution in [-0.4, -0.2) is 15.0 Å². The lowest BCUT2D eigenvalue weighted by molar-refractivity contribution is 0.237. The minimum atomic E-state index is -4.55. The molecule has 0 saturated carbocycles. The van der Waals surface area contributed by atoms with Crippen LogP contribution in [0.25, 0.3) is 0 Å². The van der Waals surface area contributed by atoms with Crippen LogP contribution >= 0.6 is 20.0 Å². The first-order valence-corrected chi connectivity index (χ1v) is 8.51. The zero-order valence-corrected chi connectivity index (χ0v) is 13.9. The second-order valence-electron chi connectivity index (χ2n) is 4.68. The number of rotatable bonds is 5. The zero-order chi connectivity index (χ0) is 16.9. The molecule has 0 atom stereocenters. The van der Waals surface area contributed by atoms with Crippen molar-refractivity contribution in [2.24, 2.45) is 0 Å². The molecule has 122 valence electrons. The number of phosphoric acid groups is 1. The smallest absolute Gasteiger partial charge is 0.452 e. The summed E-state index contributed by atoms with van der Waals surface area (Å²) in [6.45, 7) is 2.14. The monoisotopic (exact) mass is 354 g/mol. The predicted octanol–water partition coefficient (Wildman–Crippen LogP) is 3.35. The van der Waals surface area contributed by atoms with Gasteiger partial charge in [-0.2, -0.15) is 0 Å². The Labute approximate surface area is 138 Å². The van der Waals surface area contributed by atoms with Gasteiger partial charge in [0.05, 0.1) is 0 Å². The SMILES string of the molecule is Cc1ccc(OC(=S)OCc2ccc(OP(=O)(O)O)cc2)cc1. The number of thiocarbonyl (C=S) groups is 1. The van der Waals surface area contributed by atoms with Crippen molar-refractivity contribution < 1.29 is 28.3 Å². The lowest BCUT2D eigenvalue weighted by Gasteiger charge is -2.10. The molecule has 8 heteroatoms. The molecular weight excluding hydrogens is 339 g/mol. The summed E-state index contributed by atoms with van der Waals surface area (Å²) in [5, 5.41) is -0.00982. The molecule has 0 aliphatic carbocycles. The molecule has 0 saturated heterocycles. The fraction of sp³-hybridized carbons (Fsp3) is 0.133. The van der Waals surface area contributed by atoms with E-state index in [4.69, 9.17) is 31.5 Å². The lowest BCUT2D eigenvalue weighted by atomic mass is 10.2. The summed E-state index contributed by atoms with van der Waals surface area (Å²) in [6.07, 6.45) is 0. The van der Waals surface area contributed by atoms with Gasteiger partial charge < -0.3 is 14.0 Å². The molecule has 2 rings (SSSR count). The quantitative estimate of drug-likeness (QED) is 0.629. The van der Waals surface area contributed by atoms with Gasteiger partial charge in [-0.1, -0.05) is 29.8 Å². The lowest BCUT2D eigenvalue weighted by Crippen LogP contribution is -2.10.